The van der Waals surface area contributed by atoms with Gasteiger partial charge in [0.1, 0.15) is 5.54 Å². The minimum absolute atomic E-state index is 0.151. The molecule has 0 radical (unpaired) electrons. The second kappa shape index (κ2) is 7.62. The van der Waals surface area contributed by atoms with Crippen LogP contribution in [-0.4, -0.2) is 35.6 Å². The van der Waals surface area contributed by atoms with Crippen LogP contribution in [0.25, 0.3) is 0 Å². The van der Waals surface area contributed by atoms with E-state index in [9.17, 15) is 14.7 Å². The van der Waals surface area contributed by atoms with Crippen LogP contribution in [0.15, 0.2) is 0 Å². The maximum Gasteiger partial charge on any atom is 0.329 e. The molecular weight excluding hydrogens is 256 g/mol. The standard InChI is InChI=1S/C15H28N2O3/c1-4-7-15(3,14(19)20)17-13(18)9-11(2)12-6-5-8-16-10-12/h11-12,16H,4-10H2,1-3H3,(H,17,18)(H,19,20). The van der Waals surface area contributed by atoms with Crippen LogP contribution in [0.2, 0.25) is 0 Å². The van der Waals surface area contributed by atoms with E-state index >= 15 is 0 Å². The van der Waals surface area contributed by atoms with Crippen LogP contribution in [0.5, 0.6) is 0 Å². The summed E-state index contributed by atoms with van der Waals surface area (Å²) in [4.78, 5) is 23.4. The largest absolute Gasteiger partial charge is 0.480 e. The minimum Gasteiger partial charge on any atom is -0.480 e. The van der Waals surface area contributed by atoms with Gasteiger partial charge in [0, 0.05) is 6.42 Å². The summed E-state index contributed by atoms with van der Waals surface area (Å²) >= 11 is 0. The van der Waals surface area contributed by atoms with Gasteiger partial charge in [0.25, 0.3) is 0 Å². The highest BCUT2D eigenvalue weighted by molar-refractivity contribution is 5.86. The number of aliphatic carboxylic acids is 1. The molecule has 0 aromatic carbocycles. The van der Waals surface area contributed by atoms with Gasteiger partial charge in [-0.2, -0.15) is 0 Å². The maximum absolute atomic E-state index is 12.1. The number of carboxylic acid groups (broad SMARTS) is 1. The Morgan fingerprint density at radius 3 is 2.70 bits per heavy atom. The number of nitrogens with one attached hydrogen (secondary N) is 2. The number of carbonyl (C=O) groups excluding carboxylic acids is 1. The SMILES string of the molecule is CCCC(C)(NC(=O)CC(C)C1CCCNC1)C(=O)O. The van der Waals surface area contributed by atoms with Crippen LogP contribution >= 0.6 is 0 Å². The summed E-state index contributed by atoms with van der Waals surface area (Å²) in [6, 6.07) is 0. The fourth-order valence-corrected chi connectivity index (χ4v) is 2.91. The zero-order chi connectivity index (χ0) is 15.2. The molecule has 0 bridgehead atoms. The van der Waals surface area contributed by atoms with Crippen molar-refractivity contribution in [3.63, 3.8) is 0 Å². The summed E-state index contributed by atoms with van der Waals surface area (Å²) in [5.74, 6) is -0.319. The molecule has 1 aliphatic rings. The number of hydrogen-bond acceptors (Lipinski definition) is 3. The average Bonchev–Trinajstić information content (AvgIpc) is 2.39. The zero-order valence-electron chi connectivity index (χ0n) is 12.9. The van der Waals surface area contributed by atoms with Crippen molar-refractivity contribution in [3.8, 4) is 0 Å². The topological polar surface area (TPSA) is 78.4 Å². The third kappa shape index (κ3) is 4.78. The molecule has 3 atom stereocenters. The van der Waals surface area contributed by atoms with E-state index in [2.05, 4.69) is 17.6 Å². The first-order chi connectivity index (χ1) is 9.39. The predicted molar refractivity (Wildman–Crippen MR) is 78.5 cm³/mol. The van der Waals surface area contributed by atoms with Gasteiger partial charge in [-0.25, -0.2) is 4.79 Å². The highest BCUT2D eigenvalue weighted by Gasteiger charge is 2.34. The van der Waals surface area contributed by atoms with E-state index in [4.69, 9.17) is 0 Å². The molecule has 116 valence electrons. The smallest absolute Gasteiger partial charge is 0.329 e. The highest BCUT2D eigenvalue weighted by atomic mass is 16.4. The van der Waals surface area contributed by atoms with Gasteiger partial charge < -0.3 is 15.7 Å². The molecular formula is C15H28N2O3. The number of carbonyl (C=O) groups is 2. The van der Waals surface area contributed by atoms with Gasteiger partial charge >= 0.3 is 5.97 Å². The Labute approximate surface area is 121 Å². The lowest BCUT2D eigenvalue weighted by Gasteiger charge is -2.30. The third-order valence-electron chi connectivity index (χ3n) is 4.28. The molecule has 1 rings (SSSR count). The fourth-order valence-electron chi connectivity index (χ4n) is 2.91. The van der Waals surface area contributed by atoms with E-state index in [1.165, 1.54) is 0 Å². The first-order valence-electron chi connectivity index (χ1n) is 7.64. The van der Waals surface area contributed by atoms with Gasteiger partial charge in [-0.15, -0.1) is 0 Å². The minimum atomic E-state index is -1.14. The van der Waals surface area contributed by atoms with Crippen molar-refractivity contribution in [1.29, 1.82) is 0 Å². The van der Waals surface area contributed by atoms with Crippen molar-refractivity contribution in [1.82, 2.24) is 10.6 Å². The Hall–Kier alpha value is -1.10. The van der Waals surface area contributed by atoms with Gasteiger partial charge in [0.2, 0.25) is 5.91 Å². The fraction of sp³-hybridized carbons (Fsp3) is 0.867. The lowest BCUT2D eigenvalue weighted by Crippen LogP contribution is -2.52. The summed E-state index contributed by atoms with van der Waals surface area (Å²) in [6.07, 6.45) is 3.88. The van der Waals surface area contributed by atoms with E-state index in [-0.39, 0.29) is 11.8 Å². The summed E-state index contributed by atoms with van der Waals surface area (Å²) < 4.78 is 0. The van der Waals surface area contributed by atoms with Gasteiger partial charge in [0.05, 0.1) is 0 Å². The van der Waals surface area contributed by atoms with Gasteiger partial charge in [-0.05, 0) is 51.1 Å². The quantitative estimate of drug-likeness (QED) is 0.666. The molecule has 1 saturated heterocycles. The molecule has 3 unspecified atom stereocenters. The van der Waals surface area contributed by atoms with Crippen molar-refractivity contribution in [2.24, 2.45) is 11.8 Å². The molecule has 0 spiro atoms. The monoisotopic (exact) mass is 284 g/mol. The molecule has 1 heterocycles. The van der Waals surface area contributed by atoms with Crippen LogP contribution in [0.4, 0.5) is 0 Å². The van der Waals surface area contributed by atoms with Crippen LogP contribution in [0.3, 0.4) is 0 Å². The number of amides is 1. The van der Waals surface area contributed by atoms with Gasteiger partial charge in [0.15, 0.2) is 0 Å². The highest BCUT2D eigenvalue weighted by Crippen LogP contribution is 2.23. The first-order valence-corrected chi connectivity index (χ1v) is 7.64. The molecule has 1 aliphatic heterocycles. The molecule has 5 nitrogen and oxygen atoms in total. The second-order valence-corrected chi connectivity index (χ2v) is 6.22. The number of rotatable bonds is 7. The number of hydrogen-bond donors (Lipinski definition) is 3. The van der Waals surface area contributed by atoms with Crippen LogP contribution in [0.1, 0.15) is 52.9 Å². The van der Waals surface area contributed by atoms with Crippen molar-refractivity contribution in [3.05, 3.63) is 0 Å². The maximum atomic E-state index is 12.1. The van der Waals surface area contributed by atoms with Gasteiger partial charge in [-0.1, -0.05) is 20.3 Å². The summed E-state index contributed by atoms with van der Waals surface area (Å²) in [5.41, 5.74) is -1.14. The molecule has 5 heteroatoms. The van der Waals surface area contributed by atoms with Crippen LogP contribution in [-0.2, 0) is 9.59 Å². The normalized spacial score (nSPS) is 23.6. The molecule has 3 N–H and O–H groups in total. The van der Waals surface area contributed by atoms with Crippen LogP contribution < -0.4 is 10.6 Å². The first kappa shape index (κ1) is 17.0. The zero-order valence-corrected chi connectivity index (χ0v) is 12.9. The van der Waals surface area contributed by atoms with Crippen molar-refractivity contribution in [2.75, 3.05) is 13.1 Å². The van der Waals surface area contributed by atoms with Crippen LogP contribution in [0, 0.1) is 11.8 Å². The Bertz CT molecular complexity index is 340. The average molecular weight is 284 g/mol. The van der Waals surface area contributed by atoms with E-state index in [0.29, 0.717) is 18.8 Å². The van der Waals surface area contributed by atoms with Crippen molar-refractivity contribution in [2.45, 2.75) is 58.4 Å². The number of piperidine rings is 1. The molecule has 0 aliphatic carbocycles. The Morgan fingerprint density at radius 1 is 1.50 bits per heavy atom. The van der Waals surface area contributed by atoms with Gasteiger partial charge in [-0.3, -0.25) is 4.79 Å². The lowest BCUT2D eigenvalue weighted by atomic mass is 9.85. The molecule has 0 saturated carbocycles. The van der Waals surface area contributed by atoms with E-state index in [0.717, 1.165) is 32.4 Å². The Morgan fingerprint density at radius 2 is 2.20 bits per heavy atom. The molecule has 0 aromatic heterocycles. The summed E-state index contributed by atoms with van der Waals surface area (Å²) in [7, 11) is 0. The predicted octanol–water partition coefficient (Wildman–Crippen LogP) is 1.77. The molecule has 20 heavy (non-hydrogen) atoms. The van der Waals surface area contributed by atoms with E-state index < -0.39 is 11.5 Å². The molecule has 0 aromatic rings. The Kier molecular flexibility index (Phi) is 6.46. The lowest BCUT2D eigenvalue weighted by molar-refractivity contribution is -0.147. The summed E-state index contributed by atoms with van der Waals surface area (Å²) in [5, 5.41) is 15.3. The third-order valence-corrected chi connectivity index (χ3v) is 4.28. The number of carboxylic acids is 1. The van der Waals surface area contributed by atoms with E-state index in [1.807, 2.05) is 6.92 Å². The van der Waals surface area contributed by atoms with E-state index in [1.54, 1.807) is 6.92 Å². The second-order valence-electron chi connectivity index (χ2n) is 6.22. The molecule has 1 fully saturated rings. The Balaban J connectivity index is 2.50. The van der Waals surface area contributed by atoms with Crippen molar-refractivity contribution >= 4 is 11.9 Å². The summed E-state index contributed by atoms with van der Waals surface area (Å²) in [6.45, 7) is 7.60. The molecule has 1 amide bonds. The van der Waals surface area contributed by atoms with Crippen molar-refractivity contribution < 1.29 is 14.7 Å².